The van der Waals surface area contributed by atoms with Crippen molar-refractivity contribution in [1.29, 1.82) is 5.41 Å². The van der Waals surface area contributed by atoms with Crippen molar-refractivity contribution in [3.8, 4) is 11.6 Å². The van der Waals surface area contributed by atoms with Crippen LogP contribution in [0.2, 0.25) is 0 Å². The van der Waals surface area contributed by atoms with E-state index >= 15 is 0 Å². The second kappa shape index (κ2) is 6.89. The third kappa shape index (κ3) is 2.92. The Kier molecular flexibility index (Phi) is 4.20. The first kappa shape index (κ1) is 17.7. The molecule has 29 heavy (non-hydrogen) atoms. The molecule has 0 spiro atoms. The van der Waals surface area contributed by atoms with Crippen LogP contribution in [-0.4, -0.2) is 9.55 Å². The van der Waals surface area contributed by atoms with Crippen molar-refractivity contribution in [2.24, 2.45) is 5.92 Å². The maximum atomic E-state index is 8.94. The molecule has 4 aromatic rings. The summed E-state index contributed by atoms with van der Waals surface area (Å²) in [6, 6.07) is 22.9. The number of nitrogens with zero attached hydrogens (tertiary/aromatic N) is 2. The minimum absolute atomic E-state index is 0.0841. The van der Waals surface area contributed by atoms with Gasteiger partial charge in [-0.1, -0.05) is 80.6 Å². The third-order valence-corrected chi connectivity index (χ3v) is 5.49. The molecule has 4 nitrogen and oxygen atoms in total. The van der Waals surface area contributed by atoms with Crippen LogP contribution in [0.5, 0.6) is 11.6 Å². The zero-order valence-electron chi connectivity index (χ0n) is 16.6. The van der Waals surface area contributed by atoms with Gasteiger partial charge in [0.15, 0.2) is 0 Å². The van der Waals surface area contributed by atoms with Crippen LogP contribution in [-0.2, 0) is 6.54 Å². The van der Waals surface area contributed by atoms with Crippen LogP contribution in [0.25, 0.3) is 10.8 Å². The summed E-state index contributed by atoms with van der Waals surface area (Å²) in [4.78, 5) is 4.64. The van der Waals surface area contributed by atoms with Gasteiger partial charge in [0.2, 0.25) is 5.88 Å². The lowest BCUT2D eigenvalue weighted by atomic mass is 9.83. The molecule has 0 radical (unpaired) electrons. The van der Waals surface area contributed by atoms with Crippen molar-refractivity contribution in [2.75, 3.05) is 0 Å². The minimum atomic E-state index is -0.0841. The first-order valence-electron chi connectivity index (χ1n) is 10.0. The van der Waals surface area contributed by atoms with E-state index in [2.05, 4.69) is 55.2 Å². The van der Waals surface area contributed by atoms with Gasteiger partial charge in [-0.05, 0) is 16.9 Å². The topological polar surface area (TPSA) is 50.9 Å². The van der Waals surface area contributed by atoms with Crippen LogP contribution >= 0.6 is 0 Å². The molecule has 144 valence electrons. The lowest BCUT2D eigenvalue weighted by Crippen LogP contribution is -2.31. The average molecular weight is 381 g/mol. The van der Waals surface area contributed by atoms with Crippen LogP contribution in [0.4, 0.5) is 0 Å². The number of nitrogens with one attached hydrogen (secondary N) is 1. The van der Waals surface area contributed by atoms with Gasteiger partial charge < -0.3 is 9.30 Å². The van der Waals surface area contributed by atoms with Gasteiger partial charge in [0.1, 0.15) is 17.6 Å². The normalized spacial score (nSPS) is 15.1. The van der Waals surface area contributed by atoms with Gasteiger partial charge in [-0.15, -0.1) is 0 Å². The smallest absolute Gasteiger partial charge is 0.228 e. The highest BCUT2D eigenvalue weighted by Crippen LogP contribution is 2.47. The zero-order valence-corrected chi connectivity index (χ0v) is 16.6. The van der Waals surface area contributed by atoms with Crippen LogP contribution in [0, 0.1) is 11.3 Å². The van der Waals surface area contributed by atoms with Crippen LogP contribution in [0.1, 0.15) is 36.5 Å². The Labute approximate surface area is 169 Å². The number of fused-ring (bicyclic) bond motifs is 4. The molecular formula is C25H23N3O. The number of hydrogen-bond acceptors (Lipinski definition) is 3. The summed E-state index contributed by atoms with van der Waals surface area (Å²) in [6.45, 7) is 5.06. The number of benzene rings is 3. The van der Waals surface area contributed by atoms with Gasteiger partial charge in [-0.25, -0.2) is 4.98 Å². The quantitative estimate of drug-likeness (QED) is 0.451. The summed E-state index contributed by atoms with van der Waals surface area (Å²) in [7, 11) is 0. The molecule has 4 heteroatoms. The Hall–Kier alpha value is -3.40. The Morgan fingerprint density at radius 1 is 1.00 bits per heavy atom. The maximum absolute atomic E-state index is 8.94. The molecule has 0 aliphatic carbocycles. The van der Waals surface area contributed by atoms with E-state index in [0.717, 1.165) is 39.8 Å². The number of hydrogen-bond donors (Lipinski definition) is 1. The standard InChI is InChI=1S/C25H23N3O/c1-16(2)14-28-15-27-25-22(24(28)26)21(18-9-4-3-5-10-18)20-13-12-17-8-6-7-11-19(17)23(20)29-25/h3-13,15-16,21,26H,14H2,1-2H3. The average Bonchev–Trinajstić information content (AvgIpc) is 2.74. The van der Waals surface area contributed by atoms with E-state index in [9.17, 15) is 0 Å². The summed E-state index contributed by atoms with van der Waals surface area (Å²) < 4.78 is 8.26. The fourth-order valence-electron chi connectivity index (χ4n) is 4.22. The highest BCUT2D eigenvalue weighted by Gasteiger charge is 2.32. The fourth-order valence-corrected chi connectivity index (χ4v) is 4.22. The monoisotopic (exact) mass is 381 g/mol. The molecule has 1 aliphatic rings. The second-order valence-corrected chi connectivity index (χ2v) is 8.01. The largest absolute Gasteiger partial charge is 0.438 e. The number of rotatable bonds is 3. The van der Waals surface area contributed by atoms with Crippen molar-refractivity contribution < 1.29 is 4.74 Å². The van der Waals surface area contributed by atoms with E-state index in [1.54, 1.807) is 6.33 Å². The molecular weight excluding hydrogens is 358 g/mol. The van der Waals surface area contributed by atoms with E-state index < -0.39 is 0 Å². The van der Waals surface area contributed by atoms with Crippen molar-refractivity contribution >= 4 is 10.8 Å². The van der Waals surface area contributed by atoms with Crippen LogP contribution in [0.15, 0.2) is 73.1 Å². The van der Waals surface area contributed by atoms with E-state index in [4.69, 9.17) is 10.1 Å². The summed E-state index contributed by atoms with van der Waals surface area (Å²) >= 11 is 0. The number of aromatic nitrogens is 2. The zero-order chi connectivity index (χ0) is 20.0. The number of ether oxygens (including phenoxy) is 1. The second-order valence-electron chi connectivity index (χ2n) is 8.01. The van der Waals surface area contributed by atoms with E-state index in [-0.39, 0.29) is 5.92 Å². The van der Waals surface area contributed by atoms with Crippen LogP contribution < -0.4 is 10.2 Å². The van der Waals surface area contributed by atoms with E-state index in [0.29, 0.717) is 17.3 Å². The van der Waals surface area contributed by atoms with Crippen LogP contribution in [0.3, 0.4) is 0 Å². The first-order chi connectivity index (χ1) is 14.1. The molecule has 0 bridgehead atoms. The highest BCUT2D eigenvalue weighted by atomic mass is 16.5. The molecule has 1 N–H and O–H groups in total. The SMILES string of the molecule is CC(C)Cn1cnc2c(c1=N)C(c1ccccc1)c1ccc3ccccc3c1O2. The van der Waals surface area contributed by atoms with Crippen molar-refractivity contribution in [3.05, 3.63) is 95.2 Å². The molecule has 1 atom stereocenters. The minimum Gasteiger partial charge on any atom is -0.438 e. The Balaban J connectivity index is 1.80. The third-order valence-electron chi connectivity index (χ3n) is 5.49. The lowest BCUT2D eigenvalue weighted by Gasteiger charge is -2.29. The molecule has 1 unspecified atom stereocenters. The molecule has 0 saturated heterocycles. The maximum Gasteiger partial charge on any atom is 0.228 e. The molecule has 1 aromatic heterocycles. The summed E-state index contributed by atoms with van der Waals surface area (Å²) in [5, 5.41) is 11.2. The highest BCUT2D eigenvalue weighted by molar-refractivity contribution is 5.91. The Bertz CT molecular complexity index is 1260. The Morgan fingerprint density at radius 2 is 1.76 bits per heavy atom. The van der Waals surface area contributed by atoms with Crippen molar-refractivity contribution in [3.63, 3.8) is 0 Å². The molecule has 2 heterocycles. The van der Waals surface area contributed by atoms with Gasteiger partial charge >= 0.3 is 0 Å². The molecule has 1 aliphatic heterocycles. The fraction of sp³-hybridized carbons (Fsp3) is 0.200. The summed E-state index contributed by atoms with van der Waals surface area (Å²) in [5.41, 5.74) is 3.53. The Morgan fingerprint density at radius 3 is 2.55 bits per heavy atom. The van der Waals surface area contributed by atoms with Gasteiger partial charge in [0.25, 0.3) is 0 Å². The molecule has 0 fully saturated rings. The predicted octanol–water partition coefficient (Wildman–Crippen LogP) is 5.46. The first-order valence-corrected chi connectivity index (χ1v) is 10.0. The van der Waals surface area contributed by atoms with Gasteiger partial charge in [0, 0.05) is 23.4 Å². The summed E-state index contributed by atoms with van der Waals surface area (Å²) in [6.07, 6.45) is 1.74. The van der Waals surface area contributed by atoms with Gasteiger partial charge in [0.05, 0.1) is 5.56 Å². The van der Waals surface area contributed by atoms with Crippen molar-refractivity contribution in [1.82, 2.24) is 9.55 Å². The molecule has 5 rings (SSSR count). The van der Waals surface area contributed by atoms with Gasteiger partial charge in [-0.3, -0.25) is 5.41 Å². The van der Waals surface area contributed by atoms with E-state index in [1.807, 2.05) is 34.9 Å². The molecule has 3 aromatic carbocycles. The predicted molar refractivity (Wildman–Crippen MR) is 114 cm³/mol. The van der Waals surface area contributed by atoms with Crippen molar-refractivity contribution in [2.45, 2.75) is 26.3 Å². The molecule has 0 amide bonds. The lowest BCUT2D eigenvalue weighted by molar-refractivity contribution is 0.418. The molecule has 0 saturated carbocycles. The van der Waals surface area contributed by atoms with Gasteiger partial charge in [-0.2, -0.15) is 0 Å². The van der Waals surface area contributed by atoms with E-state index in [1.165, 1.54) is 0 Å². The summed E-state index contributed by atoms with van der Waals surface area (Å²) in [5.74, 6) is 1.73.